The largest absolute Gasteiger partial charge is 0.480 e. The molecule has 2 heterocycles. The minimum Gasteiger partial charge on any atom is -0.480 e. The predicted molar refractivity (Wildman–Crippen MR) is 101 cm³/mol. The highest BCUT2D eigenvalue weighted by Crippen LogP contribution is 2.19. The van der Waals surface area contributed by atoms with Gasteiger partial charge in [0, 0.05) is 28.7 Å². The molecule has 2 N–H and O–H groups in total. The first-order valence-electron chi connectivity index (χ1n) is 8.21. The van der Waals surface area contributed by atoms with Crippen LogP contribution >= 0.6 is 0 Å². The SMILES string of the molecule is C=CC=c1c(=CC)c(Cc2c[nH]c3ccccc23)nn(CC(=O)O)c1=O. The van der Waals surface area contributed by atoms with Crippen molar-refractivity contribution in [2.45, 2.75) is 19.9 Å². The number of aromatic nitrogens is 3. The summed E-state index contributed by atoms with van der Waals surface area (Å²) in [6, 6.07) is 7.92. The summed E-state index contributed by atoms with van der Waals surface area (Å²) in [5.74, 6) is -1.12. The number of allylic oxidation sites excluding steroid dienone is 1. The predicted octanol–water partition coefficient (Wildman–Crippen LogP) is 1.17. The fraction of sp³-hybridized carbons (Fsp3) is 0.150. The van der Waals surface area contributed by atoms with Crippen molar-refractivity contribution in [3.8, 4) is 0 Å². The Bertz CT molecular complexity index is 1170. The van der Waals surface area contributed by atoms with E-state index in [1.54, 1.807) is 6.08 Å². The minimum absolute atomic E-state index is 0.397. The summed E-state index contributed by atoms with van der Waals surface area (Å²) in [6.45, 7) is 5.00. The molecule has 0 aliphatic carbocycles. The molecule has 2 aromatic heterocycles. The molecule has 0 aliphatic rings. The van der Waals surface area contributed by atoms with Crippen LogP contribution in [-0.2, 0) is 17.8 Å². The summed E-state index contributed by atoms with van der Waals surface area (Å²) >= 11 is 0. The molecule has 0 unspecified atom stereocenters. The molecule has 3 rings (SSSR count). The van der Waals surface area contributed by atoms with Gasteiger partial charge in [0.05, 0.1) is 10.9 Å². The molecule has 0 aliphatic heterocycles. The first-order valence-corrected chi connectivity index (χ1v) is 8.21. The molecular weight excluding hydrogens is 330 g/mol. The Morgan fingerprint density at radius 3 is 2.81 bits per heavy atom. The number of nitrogens with zero attached hydrogens (tertiary/aromatic N) is 2. The number of hydrogen-bond acceptors (Lipinski definition) is 3. The van der Waals surface area contributed by atoms with Crippen molar-refractivity contribution in [3.05, 3.63) is 75.2 Å². The number of fused-ring (bicyclic) bond motifs is 1. The number of para-hydroxylation sites is 1. The van der Waals surface area contributed by atoms with Crippen molar-refractivity contribution < 1.29 is 9.90 Å². The first-order chi connectivity index (χ1) is 12.5. The molecule has 132 valence electrons. The van der Waals surface area contributed by atoms with Crippen LogP contribution in [0, 0.1) is 0 Å². The number of aromatic amines is 1. The van der Waals surface area contributed by atoms with E-state index in [1.807, 2.05) is 43.5 Å². The van der Waals surface area contributed by atoms with E-state index in [-0.39, 0.29) is 0 Å². The van der Waals surface area contributed by atoms with E-state index in [0.717, 1.165) is 21.1 Å². The molecule has 0 atom stereocenters. The lowest BCUT2D eigenvalue weighted by Gasteiger charge is -2.07. The maximum Gasteiger partial charge on any atom is 0.325 e. The number of nitrogens with one attached hydrogen (secondary N) is 1. The van der Waals surface area contributed by atoms with Gasteiger partial charge in [-0.25, -0.2) is 4.68 Å². The number of carboxylic acid groups (broad SMARTS) is 1. The summed E-state index contributed by atoms with van der Waals surface area (Å²) in [5.41, 5.74) is 2.25. The third-order valence-electron chi connectivity index (χ3n) is 4.20. The molecule has 0 fully saturated rings. The van der Waals surface area contributed by atoms with Crippen molar-refractivity contribution in [1.29, 1.82) is 0 Å². The highest BCUT2D eigenvalue weighted by Gasteiger charge is 2.12. The Hall–Kier alpha value is -3.41. The number of aliphatic carboxylic acids is 1. The molecule has 6 heteroatoms. The minimum atomic E-state index is -1.12. The molecule has 0 saturated carbocycles. The summed E-state index contributed by atoms with van der Waals surface area (Å²) in [7, 11) is 0. The van der Waals surface area contributed by atoms with Crippen LogP contribution in [0.2, 0.25) is 0 Å². The van der Waals surface area contributed by atoms with Gasteiger partial charge < -0.3 is 10.1 Å². The van der Waals surface area contributed by atoms with Gasteiger partial charge in [-0.3, -0.25) is 9.59 Å². The van der Waals surface area contributed by atoms with Crippen molar-refractivity contribution in [1.82, 2.24) is 14.8 Å². The van der Waals surface area contributed by atoms with Crippen molar-refractivity contribution in [2.24, 2.45) is 0 Å². The van der Waals surface area contributed by atoms with Crippen LogP contribution in [0.3, 0.4) is 0 Å². The normalized spacial score (nSPS) is 12.7. The zero-order chi connectivity index (χ0) is 18.7. The van der Waals surface area contributed by atoms with Gasteiger partial charge in [-0.05, 0) is 24.6 Å². The van der Waals surface area contributed by atoms with Crippen molar-refractivity contribution >= 4 is 29.0 Å². The fourth-order valence-corrected chi connectivity index (χ4v) is 3.08. The molecule has 0 amide bonds. The lowest BCUT2D eigenvalue weighted by Crippen LogP contribution is -2.49. The second-order valence-corrected chi connectivity index (χ2v) is 5.86. The highest BCUT2D eigenvalue weighted by molar-refractivity contribution is 5.83. The van der Waals surface area contributed by atoms with Gasteiger partial charge in [-0.15, -0.1) is 0 Å². The number of hydrogen-bond donors (Lipinski definition) is 2. The van der Waals surface area contributed by atoms with Gasteiger partial charge >= 0.3 is 5.97 Å². The van der Waals surface area contributed by atoms with E-state index in [4.69, 9.17) is 5.11 Å². The number of benzene rings is 1. The van der Waals surface area contributed by atoms with Crippen LogP contribution in [0.4, 0.5) is 0 Å². The molecule has 3 aromatic rings. The molecular formula is C20H19N3O3. The highest BCUT2D eigenvalue weighted by atomic mass is 16.4. The zero-order valence-corrected chi connectivity index (χ0v) is 14.4. The molecule has 0 bridgehead atoms. The van der Waals surface area contributed by atoms with Crippen LogP contribution in [0.5, 0.6) is 0 Å². The maximum absolute atomic E-state index is 12.6. The molecule has 26 heavy (non-hydrogen) atoms. The van der Waals surface area contributed by atoms with Crippen LogP contribution < -0.4 is 16.0 Å². The van der Waals surface area contributed by atoms with Gasteiger partial charge in [-0.1, -0.05) is 36.9 Å². The monoisotopic (exact) mass is 349 g/mol. The molecule has 0 radical (unpaired) electrons. The lowest BCUT2D eigenvalue weighted by atomic mass is 10.1. The molecule has 1 aromatic carbocycles. The summed E-state index contributed by atoms with van der Waals surface area (Å²) in [5, 5.41) is 15.6. The van der Waals surface area contributed by atoms with E-state index in [9.17, 15) is 9.59 Å². The van der Waals surface area contributed by atoms with Crippen LogP contribution in [0.25, 0.3) is 23.1 Å². The van der Waals surface area contributed by atoms with Gasteiger partial charge in [-0.2, -0.15) is 5.10 Å². The van der Waals surface area contributed by atoms with Gasteiger partial charge in [0.25, 0.3) is 5.56 Å². The van der Waals surface area contributed by atoms with E-state index in [2.05, 4.69) is 16.7 Å². The van der Waals surface area contributed by atoms with E-state index >= 15 is 0 Å². The number of rotatable bonds is 5. The second kappa shape index (κ2) is 7.23. The third kappa shape index (κ3) is 3.21. The molecule has 0 saturated heterocycles. The maximum atomic E-state index is 12.6. The van der Waals surface area contributed by atoms with Gasteiger partial charge in [0.2, 0.25) is 0 Å². The lowest BCUT2D eigenvalue weighted by molar-refractivity contribution is -0.138. The average molecular weight is 349 g/mol. The Balaban J connectivity index is 2.24. The van der Waals surface area contributed by atoms with Crippen molar-refractivity contribution in [3.63, 3.8) is 0 Å². The fourth-order valence-electron chi connectivity index (χ4n) is 3.08. The Labute approximate surface area is 149 Å². The Morgan fingerprint density at radius 1 is 1.35 bits per heavy atom. The number of carboxylic acids is 1. The Kier molecular flexibility index (Phi) is 4.84. The third-order valence-corrected chi connectivity index (χ3v) is 4.20. The summed E-state index contributed by atoms with van der Waals surface area (Å²) in [6.07, 6.45) is 7.32. The quantitative estimate of drug-likeness (QED) is 0.724. The zero-order valence-electron chi connectivity index (χ0n) is 14.4. The van der Waals surface area contributed by atoms with Crippen LogP contribution in [0.15, 0.2) is 47.9 Å². The van der Waals surface area contributed by atoms with E-state index < -0.39 is 18.1 Å². The summed E-state index contributed by atoms with van der Waals surface area (Å²) in [4.78, 5) is 26.9. The number of H-pyrrole nitrogens is 1. The van der Waals surface area contributed by atoms with Gasteiger partial charge in [0.1, 0.15) is 6.54 Å². The van der Waals surface area contributed by atoms with Crippen LogP contribution in [-0.4, -0.2) is 25.8 Å². The van der Waals surface area contributed by atoms with Gasteiger partial charge in [0.15, 0.2) is 0 Å². The Morgan fingerprint density at radius 2 is 2.12 bits per heavy atom. The first kappa shape index (κ1) is 17.4. The average Bonchev–Trinajstić information content (AvgIpc) is 3.02. The van der Waals surface area contributed by atoms with E-state index in [0.29, 0.717) is 22.6 Å². The summed E-state index contributed by atoms with van der Waals surface area (Å²) < 4.78 is 0.995. The molecule has 0 spiro atoms. The smallest absolute Gasteiger partial charge is 0.325 e. The molecule has 6 nitrogen and oxygen atoms in total. The van der Waals surface area contributed by atoms with E-state index in [1.165, 1.54) is 6.08 Å². The van der Waals surface area contributed by atoms with Crippen LogP contribution in [0.1, 0.15) is 18.2 Å². The topological polar surface area (TPSA) is 88.0 Å². The van der Waals surface area contributed by atoms with Crippen molar-refractivity contribution in [2.75, 3.05) is 0 Å². The standard InChI is InChI=1S/C20H19N3O3/c1-3-7-16-14(4-2)18(22-23(20(16)26)12-19(24)25)10-13-11-21-17-9-6-5-8-15(13)17/h3-9,11,21H,1,10,12H2,2H3,(H,24,25). The number of carbonyl (C=O) groups is 1. The second-order valence-electron chi connectivity index (χ2n) is 5.86.